The third-order valence-electron chi connectivity index (χ3n) is 3.83. The van der Waals surface area contributed by atoms with Crippen LogP contribution in [0.4, 0.5) is 0 Å². The quantitative estimate of drug-likeness (QED) is 0.660. The summed E-state index contributed by atoms with van der Waals surface area (Å²) < 4.78 is 8.11. The van der Waals surface area contributed by atoms with Crippen molar-refractivity contribution in [3.05, 3.63) is 50.8 Å². The summed E-state index contributed by atoms with van der Waals surface area (Å²) in [5, 5.41) is 17.1. The summed E-state index contributed by atoms with van der Waals surface area (Å²) in [6, 6.07) is 6.96. The van der Waals surface area contributed by atoms with E-state index in [1.54, 1.807) is 24.4 Å². The minimum atomic E-state index is -0.961. The molecule has 3 rings (SSSR count). The Hall–Kier alpha value is -2.45. The Morgan fingerprint density at radius 2 is 2.27 bits per heavy atom. The second kappa shape index (κ2) is 7.84. The van der Waals surface area contributed by atoms with Gasteiger partial charge in [0.2, 0.25) is 0 Å². The molecule has 0 fully saturated rings. The number of hydrogen-bond acceptors (Lipinski definition) is 6. The van der Waals surface area contributed by atoms with Gasteiger partial charge in [-0.15, -0.1) is 0 Å². The fourth-order valence-electron chi connectivity index (χ4n) is 2.57. The van der Waals surface area contributed by atoms with Gasteiger partial charge in [0, 0.05) is 18.8 Å². The molecule has 0 saturated heterocycles. The van der Waals surface area contributed by atoms with Crippen LogP contribution in [-0.2, 0) is 11.3 Å². The molecule has 1 atom stereocenters. The van der Waals surface area contributed by atoms with Crippen LogP contribution in [0.5, 0.6) is 5.75 Å². The van der Waals surface area contributed by atoms with E-state index in [0.29, 0.717) is 33.1 Å². The number of aromatic nitrogens is 3. The van der Waals surface area contributed by atoms with Crippen molar-refractivity contribution < 1.29 is 14.6 Å². The predicted octanol–water partition coefficient (Wildman–Crippen LogP) is 3.51. The van der Waals surface area contributed by atoms with E-state index >= 15 is 0 Å². The van der Waals surface area contributed by atoms with E-state index in [1.807, 2.05) is 13.0 Å². The Labute approximate surface area is 157 Å². The van der Waals surface area contributed by atoms with Gasteiger partial charge in [0.15, 0.2) is 0 Å². The van der Waals surface area contributed by atoms with Crippen molar-refractivity contribution in [2.24, 2.45) is 0 Å². The number of carbonyl (C=O) groups is 1. The number of rotatable bonds is 7. The smallest absolute Gasteiger partial charge is 0.308 e. The zero-order valence-electron chi connectivity index (χ0n) is 13.9. The highest BCUT2D eigenvalue weighted by Crippen LogP contribution is 2.34. The molecule has 0 amide bonds. The standard InChI is InChI=1S/C17H16ClN3O4S/c1-2-13(11-4-3-6-19-20-11)25-14-9-15-12(8-10(14)18)21(17(24)26-15)7-5-16(22)23/h3-4,6,8-9,13H,2,5,7H2,1H3,(H,22,23)/t13-/m1/s1. The molecule has 3 aromatic rings. The molecule has 0 saturated carbocycles. The molecular weight excluding hydrogens is 378 g/mol. The number of fused-ring (bicyclic) bond motifs is 1. The lowest BCUT2D eigenvalue weighted by Crippen LogP contribution is -2.15. The molecule has 0 spiro atoms. The molecule has 0 bridgehead atoms. The first kappa shape index (κ1) is 18.3. The molecule has 1 aromatic carbocycles. The fraction of sp³-hybridized carbons (Fsp3) is 0.294. The Kier molecular flexibility index (Phi) is 5.53. The van der Waals surface area contributed by atoms with Crippen molar-refractivity contribution >= 4 is 39.1 Å². The molecule has 9 heteroatoms. The summed E-state index contributed by atoms with van der Waals surface area (Å²) in [4.78, 5) is 22.7. The van der Waals surface area contributed by atoms with Gasteiger partial charge in [0.25, 0.3) is 0 Å². The maximum atomic E-state index is 12.2. The van der Waals surface area contributed by atoms with E-state index in [-0.39, 0.29) is 23.9 Å². The molecular formula is C17H16ClN3O4S. The lowest BCUT2D eigenvalue weighted by Gasteiger charge is -2.17. The average molecular weight is 394 g/mol. The number of benzene rings is 1. The number of ether oxygens (including phenoxy) is 1. The first-order valence-electron chi connectivity index (χ1n) is 7.98. The second-order valence-electron chi connectivity index (χ2n) is 5.58. The third kappa shape index (κ3) is 3.86. The van der Waals surface area contributed by atoms with Gasteiger partial charge in [0.05, 0.1) is 21.7 Å². The molecule has 7 nitrogen and oxygen atoms in total. The van der Waals surface area contributed by atoms with Crippen molar-refractivity contribution in [1.29, 1.82) is 0 Å². The van der Waals surface area contributed by atoms with E-state index in [0.717, 1.165) is 11.3 Å². The van der Waals surface area contributed by atoms with Gasteiger partial charge in [0.1, 0.15) is 17.5 Å². The molecule has 26 heavy (non-hydrogen) atoms. The van der Waals surface area contributed by atoms with Crippen LogP contribution in [0, 0.1) is 0 Å². The largest absolute Gasteiger partial charge is 0.482 e. The summed E-state index contributed by atoms with van der Waals surface area (Å²) in [6.07, 6.45) is 1.81. The van der Waals surface area contributed by atoms with E-state index < -0.39 is 5.97 Å². The van der Waals surface area contributed by atoms with E-state index in [9.17, 15) is 9.59 Å². The molecule has 0 aliphatic heterocycles. The van der Waals surface area contributed by atoms with Crippen LogP contribution < -0.4 is 9.61 Å². The summed E-state index contributed by atoms with van der Waals surface area (Å²) in [5.41, 5.74) is 1.30. The zero-order valence-corrected chi connectivity index (χ0v) is 15.5. The average Bonchev–Trinajstić information content (AvgIpc) is 2.92. The number of nitrogens with zero attached hydrogens (tertiary/aromatic N) is 3. The van der Waals surface area contributed by atoms with Gasteiger partial charge in [-0.2, -0.15) is 10.2 Å². The maximum Gasteiger partial charge on any atom is 0.308 e. The highest BCUT2D eigenvalue weighted by atomic mass is 35.5. The van der Waals surface area contributed by atoms with Gasteiger partial charge < -0.3 is 9.84 Å². The van der Waals surface area contributed by atoms with E-state index in [4.69, 9.17) is 21.4 Å². The molecule has 2 aromatic heterocycles. The van der Waals surface area contributed by atoms with Crippen LogP contribution in [0.2, 0.25) is 5.02 Å². The molecule has 0 radical (unpaired) electrons. The number of aliphatic carboxylic acids is 1. The van der Waals surface area contributed by atoms with Crippen molar-refractivity contribution in [2.75, 3.05) is 0 Å². The Morgan fingerprint density at radius 1 is 1.46 bits per heavy atom. The van der Waals surface area contributed by atoms with E-state index in [2.05, 4.69) is 10.2 Å². The number of hydrogen-bond donors (Lipinski definition) is 1. The lowest BCUT2D eigenvalue weighted by molar-refractivity contribution is -0.137. The lowest BCUT2D eigenvalue weighted by atomic mass is 10.2. The molecule has 2 heterocycles. The first-order valence-corrected chi connectivity index (χ1v) is 9.18. The molecule has 136 valence electrons. The number of thiazole rings is 1. The second-order valence-corrected chi connectivity index (χ2v) is 6.98. The van der Waals surface area contributed by atoms with Crippen LogP contribution in [0.1, 0.15) is 31.6 Å². The normalized spacial score (nSPS) is 12.2. The Morgan fingerprint density at radius 3 is 2.92 bits per heavy atom. The van der Waals surface area contributed by atoms with Crippen LogP contribution in [0.25, 0.3) is 10.2 Å². The molecule has 1 N–H and O–H groups in total. The molecule has 0 aliphatic rings. The maximum absolute atomic E-state index is 12.2. The molecule has 0 unspecified atom stereocenters. The monoisotopic (exact) mass is 393 g/mol. The number of carboxylic acids is 1. The minimum absolute atomic E-state index is 0.0991. The van der Waals surface area contributed by atoms with Crippen molar-refractivity contribution in [1.82, 2.24) is 14.8 Å². The van der Waals surface area contributed by atoms with Crippen molar-refractivity contribution in [2.45, 2.75) is 32.4 Å². The van der Waals surface area contributed by atoms with Gasteiger partial charge in [-0.3, -0.25) is 14.2 Å². The van der Waals surface area contributed by atoms with Gasteiger partial charge in [-0.05, 0) is 24.6 Å². The number of carboxylic acid groups (broad SMARTS) is 1. The fourth-order valence-corrected chi connectivity index (χ4v) is 3.70. The van der Waals surface area contributed by atoms with Crippen LogP contribution >= 0.6 is 22.9 Å². The summed E-state index contributed by atoms with van der Waals surface area (Å²) in [5.74, 6) is -0.514. The van der Waals surface area contributed by atoms with Crippen molar-refractivity contribution in [3.8, 4) is 5.75 Å². The van der Waals surface area contributed by atoms with Crippen molar-refractivity contribution in [3.63, 3.8) is 0 Å². The predicted molar refractivity (Wildman–Crippen MR) is 99.0 cm³/mol. The highest BCUT2D eigenvalue weighted by molar-refractivity contribution is 7.16. The number of aryl methyl sites for hydroxylation is 1. The SMILES string of the molecule is CC[C@@H](Oc1cc2sc(=O)n(CCC(=O)O)c2cc1Cl)c1cccnn1. The van der Waals surface area contributed by atoms with Crippen LogP contribution in [0.3, 0.4) is 0 Å². The number of halogens is 1. The highest BCUT2D eigenvalue weighted by Gasteiger charge is 2.18. The van der Waals surface area contributed by atoms with E-state index in [1.165, 1.54) is 4.57 Å². The van der Waals surface area contributed by atoms with Gasteiger partial charge >= 0.3 is 10.8 Å². The molecule has 0 aliphatic carbocycles. The Bertz CT molecular complexity index is 987. The topological polar surface area (TPSA) is 94.3 Å². The van der Waals surface area contributed by atoms with Gasteiger partial charge in [-0.1, -0.05) is 29.9 Å². The first-order chi connectivity index (χ1) is 12.5. The zero-order chi connectivity index (χ0) is 18.7. The van der Waals surface area contributed by atoms with Crippen LogP contribution in [-0.4, -0.2) is 25.8 Å². The minimum Gasteiger partial charge on any atom is -0.482 e. The summed E-state index contributed by atoms with van der Waals surface area (Å²) in [6.45, 7) is 2.06. The van der Waals surface area contributed by atoms with Crippen LogP contribution in [0.15, 0.2) is 35.3 Å². The summed E-state index contributed by atoms with van der Waals surface area (Å²) >= 11 is 7.38. The van der Waals surface area contributed by atoms with Gasteiger partial charge in [-0.25, -0.2) is 0 Å². The Balaban J connectivity index is 1.94. The third-order valence-corrected chi connectivity index (χ3v) is 5.07. The summed E-state index contributed by atoms with van der Waals surface area (Å²) in [7, 11) is 0.